The Bertz CT molecular complexity index is 3080. The highest BCUT2D eigenvalue weighted by atomic mass is 15.6. The SMILES string of the molecule is C(=C\c1ccccc1)/CN1CCN([C@@H](c2ccccc2)c2nnnn2-c2ccc3[nH]ccc3c2)CC1.C(=C\c1ccccc1)/CN1CCN([C@H](c2ccccc2)c2nnnn2-c2ccc3[nH]ccc3c2)CC1. The van der Waals surface area contributed by atoms with Gasteiger partial charge in [0.15, 0.2) is 11.6 Å². The maximum atomic E-state index is 4.54. The molecule has 2 aliphatic rings. The molecule has 2 fully saturated rings. The van der Waals surface area contributed by atoms with Gasteiger partial charge < -0.3 is 9.97 Å². The van der Waals surface area contributed by atoms with Gasteiger partial charge in [-0.3, -0.25) is 19.6 Å². The molecule has 2 atom stereocenters. The first-order valence-corrected chi connectivity index (χ1v) is 24.9. The Morgan fingerprint density at radius 3 is 1.22 bits per heavy atom. The van der Waals surface area contributed by atoms with Crippen LogP contribution in [-0.4, -0.2) is 135 Å². The minimum atomic E-state index is -0.0230. The number of fused-ring (bicyclic) bond motifs is 2. The maximum Gasteiger partial charge on any atom is 0.178 e. The Morgan fingerprint density at radius 1 is 0.431 bits per heavy atom. The Hall–Kier alpha value is -8.14. The molecule has 10 aromatic rings. The molecule has 4 aromatic heterocycles. The van der Waals surface area contributed by atoms with E-state index >= 15 is 0 Å². The number of rotatable bonds is 14. The van der Waals surface area contributed by atoms with Crippen LogP contribution in [0.2, 0.25) is 0 Å². The van der Waals surface area contributed by atoms with E-state index in [1.165, 1.54) is 22.3 Å². The number of hydrogen-bond acceptors (Lipinski definition) is 10. The van der Waals surface area contributed by atoms with E-state index < -0.39 is 0 Å². The van der Waals surface area contributed by atoms with E-state index in [0.29, 0.717) is 0 Å². The molecular formula is C58H58N14. The van der Waals surface area contributed by atoms with E-state index in [4.69, 9.17) is 0 Å². The van der Waals surface area contributed by atoms with Gasteiger partial charge in [0.25, 0.3) is 0 Å². The first kappa shape index (κ1) is 46.3. The van der Waals surface area contributed by atoms with Crippen LogP contribution in [0.25, 0.3) is 45.3 Å². The average molecular weight is 951 g/mol. The predicted molar refractivity (Wildman–Crippen MR) is 286 cm³/mol. The molecule has 2 aliphatic heterocycles. The van der Waals surface area contributed by atoms with Gasteiger partial charge in [-0.1, -0.05) is 146 Å². The minimum absolute atomic E-state index is 0.0230. The maximum absolute atomic E-state index is 4.54. The van der Waals surface area contributed by atoms with E-state index in [1.807, 2.05) is 21.8 Å². The van der Waals surface area contributed by atoms with Crippen molar-refractivity contribution in [2.75, 3.05) is 65.4 Å². The number of aromatic amines is 2. The molecule has 0 unspecified atom stereocenters. The quantitative estimate of drug-likeness (QED) is 0.109. The molecule has 6 heterocycles. The zero-order valence-electron chi connectivity index (χ0n) is 40.2. The molecule has 0 radical (unpaired) electrons. The number of benzene rings is 6. The third-order valence-corrected chi connectivity index (χ3v) is 13.8. The molecule has 0 bridgehead atoms. The van der Waals surface area contributed by atoms with Crippen LogP contribution in [0.4, 0.5) is 0 Å². The van der Waals surface area contributed by atoms with Gasteiger partial charge in [0.2, 0.25) is 0 Å². The van der Waals surface area contributed by atoms with Crippen LogP contribution >= 0.6 is 0 Å². The van der Waals surface area contributed by atoms with Gasteiger partial charge in [-0.15, -0.1) is 10.2 Å². The van der Waals surface area contributed by atoms with E-state index in [2.05, 4.69) is 255 Å². The van der Waals surface area contributed by atoms with Crippen LogP contribution < -0.4 is 0 Å². The number of hydrogen-bond donors (Lipinski definition) is 2. The monoisotopic (exact) mass is 950 g/mol. The second-order valence-electron chi connectivity index (χ2n) is 18.3. The largest absolute Gasteiger partial charge is 0.361 e. The van der Waals surface area contributed by atoms with Gasteiger partial charge >= 0.3 is 0 Å². The number of aromatic nitrogens is 10. The topological polar surface area (TPSA) is 132 Å². The lowest BCUT2D eigenvalue weighted by atomic mass is 10.0. The van der Waals surface area contributed by atoms with Crippen LogP contribution in [-0.2, 0) is 0 Å². The zero-order valence-corrected chi connectivity index (χ0v) is 40.2. The van der Waals surface area contributed by atoms with Crippen LogP contribution in [0.15, 0.2) is 194 Å². The van der Waals surface area contributed by atoms with E-state index in [0.717, 1.165) is 110 Å². The fraction of sp³-hybridized carbons (Fsp3) is 0.207. The van der Waals surface area contributed by atoms with Crippen LogP contribution in [0.3, 0.4) is 0 Å². The molecule has 0 saturated carbocycles. The average Bonchev–Trinajstić information content (AvgIpc) is 4.30. The Labute approximate surface area is 419 Å². The van der Waals surface area contributed by atoms with Gasteiger partial charge in [-0.25, -0.2) is 0 Å². The fourth-order valence-electron chi connectivity index (χ4n) is 9.97. The molecule has 12 rings (SSSR count). The molecule has 14 nitrogen and oxygen atoms in total. The van der Waals surface area contributed by atoms with E-state index in [-0.39, 0.29) is 12.1 Å². The van der Waals surface area contributed by atoms with Crippen molar-refractivity contribution >= 4 is 34.0 Å². The highest BCUT2D eigenvalue weighted by Gasteiger charge is 2.32. The second-order valence-corrected chi connectivity index (χ2v) is 18.3. The molecule has 0 spiro atoms. The smallest absolute Gasteiger partial charge is 0.178 e. The van der Waals surface area contributed by atoms with Crippen molar-refractivity contribution < 1.29 is 0 Å². The van der Waals surface area contributed by atoms with E-state index in [1.54, 1.807) is 0 Å². The summed E-state index contributed by atoms with van der Waals surface area (Å²) in [7, 11) is 0. The number of nitrogens with one attached hydrogen (secondary N) is 2. The van der Waals surface area contributed by atoms with Crippen molar-refractivity contribution in [3.8, 4) is 11.4 Å². The molecule has 0 aliphatic carbocycles. The van der Waals surface area contributed by atoms with E-state index in [9.17, 15) is 0 Å². The van der Waals surface area contributed by atoms with Gasteiger partial charge in [0.05, 0.1) is 23.5 Å². The molecule has 2 N–H and O–H groups in total. The summed E-state index contributed by atoms with van der Waals surface area (Å²) in [5.41, 5.74) is 9.02. The summed E-state index contributed by atoms with van der Waals surface area (Å²) in [5, 5.41) is 28.4. The second kappa shape index (κ2) is 22.3. The highest BCUT2D eigenvalue weighted by molar-refractivity contribution is 5.82. The van der Waals surface area contributed by atoms with Gasteiger partial charge in [-0.05, 0) is 91.6 Å². The first-order chi connectivity index (χ1) is 35.7. The standard InChI is InChI=1S/2C29H29N7/c2*1-3-8-23(9-4-1)10-7-17-34-18-20-35(21-19-34)28(24-11-5-2-6-12-24)29-31-32-33-36(29)26-13-14-27-25(22-26)15-16-30-27/h2*1-16,22,28,30H,17-21H2/b2*10-7+/t2*28-/m10/s1. The summed E-state index contributed by atoms with van der Waals surface area (Å²) in [6.07, 6.45) is 12.8. The highest BCUT2D eigenvalue weighted by Crippen LogP contribution is 2.32. The lowest BCUT2D eigenvalue weighted by Crippen LogP contribution is -2.48. The third-order valence-electron chi connectivity index (χ3n) is 13.8. The molecule has 6 aromatic carbocycles. The van der Waals surface area contributed by atoms with Crippen LogP contribution in [0.1, 0.15) is 46.0 Å². The summed E-state index contributed by atoms with van der Waals surface area (Å²) in [6.45, 7) is 9.69. The van der Waals surface area contributed by atoms with Crippen molar-refractivity contribution in [2.45, 2.75) is 12.1 Å². The van der Waals surface area contributed by atoms with Gasteiger partial charge in [-0.2, -0.15) is 9.36 Å². The summed E-state index contributed by atoms with van der Waals surface area (Å²) in [4.78, 5) is 16.5. The predicted octanol–water partition coefficient (Wildman–Crippen LogP) is 9.13. The molecule has 0 amide bonds. The van der Waals surface area contributed by atoms with Gasteiger partial charge in [0, 0.05) is 99.6 Å². The van der Waals surface area contributed by atoms with Crippen molar-refractivity contribution in [3.05, 3.63) is 228 Å². The van der Waals surface area contributed by atoms with Crippen molar-refractivity contribution in [3.63, 3.8) is 0 Å². The van der Waals surface area contributed by atoms with Gasteiger partial charge in [0.1, 0.15) is 0 Å². The third kappa shape index (κ3) is 10.8. The number of nitrogens with zero attached hydrogens (tertiary/aromatic N) is 12. The Balaban J connectivity index is 0.000000156. The molecule has 72 heavy (non-hydrogen) atoms. The Morgan fingerprint density at radius 2 is 0.819 bits per heavy atom. The summed E-state index contributed by atoms with van der Waals surface area (Å²) >= 11 is 0. The Kier molecular flexibility index (Phi) is 14.3. The number of piperazine rings is 2. The van der Waals surface area contributed by atoms with Crippen molar-refractivity contribution in [1.29, 1.82) is 0 Å². The fourth-order valence-corrected chi connectivity index (χ4v) is 9.97. The summed E-state index contributed by atoms with van der Waals surface area (Å²) in [5.74, 6) is 1.68. The lowest BCUT2D eigenvalue weighted by molar-refractivity contribution is 0.113. The van der Waals surface area contributed by atoms with Crippen molar-refractivity contribution in [1.82, 2.24) is 70.0 Å². The number of tetrazole rings is 2. The first-order valence-electron chi connectivity index (χ1n) is 24.9. The minimum Gasteiger partial charge on any atom is -0.361 e. The van der Waals surface area contributed by atoms with Crippen LogP contribution in [0.5, 0.6) is 0 Å². The molecular weight excluding hydrogens is 893 g/mol. The molecule has 2 saturated heterocycles. The normalized spacial score (nSPS) is 16.1. The molecule has 360 valence electrons. The van der Waals surface area contributed by atoms with Crippen LogP contribution in [0, 0.1) is 0 Å². The van der Waals surface area contributed by atoms with Crippen molar-refractivity contribution in [2.24, 2.45) is 0 Å². The molecule has 14 heteroatoms. The lowest BCUT2D eigenvalue weighted by Gasteiger charge is -2.38. The summed E-state index contributed by atoms with van der Waals surface area (Å²) < 4.78 is 3.78. The zero-order chi connectivity index (χ0) is 48.3. The summed E-state index contributed by atoms with van der Waals surface area (Å²) in [6, 6.07) is 58.8. The number of H-pyrrole nitrogens is 2.